The molecule has 66 heavy (non-hydrogen) atoms. The Labute approximate surface area is 399 Å². The minimum Gasteiger partial charge on any atom is -1.00 e. The quantitative estimate of drug-likeness (QED) is 0.0633. The molecule has 0 spiro atoms. The molecule has 0 aliphatic carbocycles. The number of thioether (sulfide) groups is 2. The summed E-state index contributed by atoms with van der Waals surface area (Å²) in [6.45, 7) is 18.1. The molecule has 0 fully saturated rings. The molecule has 0 unspecified atom stereocenters. The van der Waals surface area contributed by atoms with Gasteiger partial charge in [0.25, 0.3) is 11.6 Å². The van der Waals surface area contributed by atoms with E-state index < -0.39 is 0 Å². The Morgan fingerprint density at radius 2 is 0.970 bits per heavy atom. The fraction of sp³-hybridized carbons (Fsp3) is 0.255. The number of aryl methyl sites for hydroxylation is 9. The number of pyridine rings is 2. The maximum atomic E-state index is 13.0. The van der Waals surface area contributed by atoms with E-state index in [2.05, 4.69) is 41.3 Å². The second-order valence-corrected chi connectivity index (χ2v) is 17.7. The highest BCUT2D eigenvalue weighted by molar-refractivity contribution is 8.00. The number of halogens is 1. The first kappa shape index (κ1) is 50.2. The fourth-order valence-corrected chi connectivity index (χ4v) is 8.80. The topological polar surface area (TPSA) is 218 Å². The first-order chi connectivity index (χ1) is 31.0. The summed E-state index contributed by atoms with van der Waals surface area (Å²) in [5.74, 6) is 13.1. The molecule has 7 N–H and O–H groups in total. The van der Waals surface area contributed by atoms with Crippen molar-refractivity contribution in [3.05, 3.63) is 135 Å². The monoisotopic (exact) mass is 947 g/mol. The number of amides is 3. The number of aromatic nitrogens is 8. The molecule has 16 nitrogen and oxygen atoms in total. The third kappa shape index (κ3) is 12.5. The van der Waals surface area contributed by atoms with Crippen LogP contribution < -0.4 is 44.6 Å². The van der Waals surface area contributed by atoms with Gasteiger partial charge >= 0.3 is 0 Å². The van der Waals surface area contributed by atoms with E-state index in [9.17, 15) is 14.4 Å². The zero-order valence-electron chi connectivity index (χ0n) is 38.4. The van der Waals surface area contributed by atoms with Gasteiger partial charge < -0.3 is 40.0 Å². The van der Waals surface area contributed by atoms with Gasteiger partial charge in [-0.05, 0) is 114 Å². The van der Waals surface area contributed by atoms with E-state index in [1.165, 1.54) is 38.4 Å². The first-order valence-corrected chi connectivity index (χ1v) is 22.7. The van der Waals surface area contributed by atoms with Crippen LogP contribution in [0.15, 0.2) is 95.5 Å². The van der Waals surface area contributed by atoms with E-state index in [0.717, 1.165) is 61.6 Å². The molecule has 4 aromatic heterocycles. The summed E-state index contributed by atoms with van der Waals surface area (Å²) in [7, 11) is 0. The first-order valence-electron chi connectivity index (χ1n) is 20.7. The third-order valence-electron chi connectivity index (χ3n) is 10.2. The van der Waals surface area contributed by atoms with Crippen LogP contribution in [0.5, 0.6) is 0 Å². The smallest absolute Gasteiger partial charge is 0.290 e. The van der Waals surface area contributed by atoms with Crippen LogP contribution in [0.4, 0.5) is 17.1 Å². The van der Waals surface area contributed by atoms with Crippen LogP contribution in [-0.4, -0.2) is 64.0 Å². The molecular formula is C47H54ClN13O3S2. The Kier molecular flexibility index (Phi) is 17.1. The molecule has 7 aromatic rings. The number of carbonyl (C=O) groups is 3. The maximum absolute atomic E-state index is 13.0. The number of hydrogen-bond acceptors (Lipinski definition) is 12. The van der Waals surface area contributed by atoms with E-state index in [0.29, 0.717) is 33.3 Å². The summed E-state index contributed by atoms with van der Waals surface area (Å²) in [6.07, 6.45) is 3.46. The van der Waals surface area contributed by atoms with E-state index >= 15 is 0 Å². The second-order valence-electron chi connectivity index (χ2n) is 15.8. The molecule has 0 bridgehead atoms. The summed E-state index contributed by atoms with van der Waals surface area (Å²) >= 11 is 2.42. The Morgan fingerprint density at radius 1 is 0.561 bits per heavy atom. The van der Waals surface area contributed by atoms with Crippen LogP contribution in [0.3, 0.4) is 0 Å². The average molecular weight is 949 g/mol. The number of nitrogens with two attached hydrogens (primary N) is 2. The van der Waals surface area contributed by atoms with E-state index in [1.807, 2.05) is 129 Å². The normalized spacial score (nSPS) is 10.7. The van der Waals surface area contributed by atoms with Gasteiger partial charge in [0.05, 0.1) is 11.5 Å². The number of nitrogen functional groups attached to an aromatic ring is 2. The summed E-state index contributed by atoms with van der Waals surface area (Å²) in [5.41, 5.74) is 13.4. The zero-order chi connectivity index (χ0) is 46.9. The molecule has 0 radical (unpaired) electrons. The van der Waals surface area contributed by atoms with Gasteiger partial charge in [-0.25, -0.2) is 9.35 Å². The number of nitrogens with one attached hydrogen (secondary N) is 3. The molecule has 4 heterocycles. The summed E-state index contributed by atoms with van der Waals surface area (Å²) in [4.78, 5) is 42.2. The predicted molar refractivity (Wildman–Crippen MR) is 259 cm³/mol. The van der Waals surface area contributed by atoms with E-state index in [-0.39, 0.29) is 48.2 Å². The average Bonchev–Trinajstić information content (AvgIpc) is 3.81. The largest absolute Gasteiger partial charge is 1.00 e. The van der Waals surface area contributed by atoms with Crippen molar-refractivity contribution in [2.45, 2.75) is 79.2 Å². The zero-order valence-corrected chi connectivity index (χ0v) is 40.7. The van der Waals surface area contributed by atoms with Gasteiger partial charge in [0.1, 0.15) is 5.69 Å². The van der Waals surface area contributed by atoms with E-state index in [4.69, 9.17) is 11.7 Å². The minimum absolute atomic E-state index is 0. The van der Waals surface area contributed by atoms with Crippen LogP contribution in [0.2, 0.25) is 0 Å². The van der Waals surface area contributed by atoms with E-state index in [1.54, 1.807) is 23.0 Å². The van der Waals surface area contributed by atoms with Crippen LogP contribution in [0.1, 0.15) is 50.1 Å². The van der Waals surface area contributed by atoms with Crippen LogP contribution in [0.25, 0.3) is 23.0 Å². The van der Waals surface area contributed by atoms with Crippen molar-refractivity contribution >= 4 is 58.3 Å². The molecule has 7 rings (SSSR count). The van der Waals surface area contributed by atoms with Crippen molar-refractivity contribution in [1.29, 1.82) is 0 Å². The van der Waals surface area contributed by atoms with Crippen LogP contribution in [-0.2, 0) is 20.9 Å². The van der Waals surface area contributed by atoms with Crippen molar-refractivity contribution in [2.24, 2.45) is 0 Å². The van der Waals surface area contributed by atoms with Gasteiger partial charge in [0.2, 0.25) is 40.3 Å². The third-order valence-corrected chi connectivity index (χ3v) is 12.1. The number of anilines is 3. The van der Waals surface area contributed by atoms with Crippen molar-refractivity contribution in [2.75, 3.05) is 39.1 Å². The van der Waals surface area contributed by atoms with Gasteiger partial charge in [-0.2, -0.15) is 4.57 Å². The fourth-order valence-electron chi connectivity index (χ4n) is 7.49. The summed E-state index contributed by atoms with van der Waals surface area (Å²) in [5, 5.41) is 26.4. The molecule has 0 aliphatic rings. The van der Waals surface area contributed by atoms with Gasteiger partial charge in [-0.1, -0.05) is 82.7 Å². The lowest BCUT2D eigenvalue weighted by atomic mass is 10.1. The van der Waals surface area contributed by atoms with Crippen molar-refractivity contribution in [3.63, 3.8) is 0 Å². The Bertz CT molecular complexity index is 2810. The molecule has 3 aromatic carbocycles. The minimum atomic E-state index is -0.168. The predicted octanol–water partition coefficient (Wildman–Crippen LogP) is 3.88. The molecule has 344 valence electrons. The second kappa shape index (κ2) is 22.4. The highest BCUT2D eigenvalue weighted by Crippen LogP contribution is 2.26. The lowest BCUT2D eigenvalue weighted by Crippen LogP contribution is -3.00. The molecule has 0 aliphatic heterocycles. The molecule has 3 amide bonds. The molecule has 0 saturated carbocycles. The Hall–Kier alpha value is -6.76. The SMILES string of the molecule is Cc1cc(C)c(NC(=O)CSc2nnc(-c3cccc[n+]3CC(=O)Nc3c(C)cc(C)cc3C)n2N)c(C)c1.Cc1cc(C)c(NC(=O)CSc2nnc(-c3ccccn3)n2N)c(C)c1.[Cl-]. The standard InChI is InChI=1S/C29H33N7O2S.C18H20N6OS.ClH/c1-17-11-19(3)26(20(4)12-17)31-24(37)15-35-10-8-7-9-23(35)28-33-34-29(36(28)30)39-16-25(38)32-27-21(5)13-18(2)14-22(27)6;1-11-8-12(2)16(13(3)9-11)21-15(25)10-26-18-23-22-17(24(18)19)14-6-4-5-7-20-14;/h7-14H,15-16H2,1-6H3,(H3-,30,31,32,33,37,38);4-9H,10,19H2,1-3H3,(H,21,25);1H. The number of hydrogen-bond donors (Lipinski definition) is 5. The molecule has 0 atom stereocenters. The lowest BCUT2D eigenvalue weighted by Gasteiger charge is -2.12. The highest BCUT2D eigenvalue weighted by Gasteiger charge is 2.24. The van der Waals surface area contributed by atoms with Crippen molar-refractivity contribution in [3.8, 4) is 23.0 Å². The highest BCUT2D eigenvalue weighted by atomic mass is 35.5. The summed E-state index contributed by atoms with van der Waals surface area (Å²) < 4.78 is 4.46. The van der Waals surface area contributed by atoms with Crippen molar-refractivity contribution < 1.29 is 31.4 Å². The van der Waals surface area contributed by atoms with Gasteiger partial charge in [-0.15, -0.1) is 20.4 Å². The van der Waals surface area contributed by atoms with Crippen molar-refractivity contribution in [1.82, 2.24) is 34.7 Å². The summed E-state index contributed by atoms with van der Waals surface area (Å²) in [6, 6.07) is 23.2. The molecular weight excluding hydrogens is 894 g/mol. The van der Waals surface area contributed by atoms with Crippen LogP contribution >= 0.6 is 23.5 Å². The molecule has 0 saturated heterocycles. The Morgan fingerprint density at radius 3 is 1.41 bits per heavy atom. The lowest BCUT2D eigenvalue weighted by molar-refractivity contribution is -0.673. The Balaban J connectivity index is 0.000000263. The van der Waals surface area contributed by atoms with Gasteiger partial charge in [0.15, 0.2) is 6.20 Å². The molecule has 19 heteroatoms. The number of rotatable bonds is 13. The van der Waals surface area contributed by atoms with Gasteiger partial charge in [-0.3, -0.25) is 19.4 Å². The number of carbonyl (C=O) groups excluding carboxylic acids is 3. The maximum Gasteiger partial charge on any atom is 0.290 e. The van der Waals surface area contributed by atoms with Gasteiger partial charge in [0, 0.05) is 35.4 Å². The number of nitrogens with zero attached hydrogens (tertiary/aromatic N) is 8. The van der Waals surface area contributed by atoms with Crippen LogP contribution in [0, 0.1) is 62.3 Å². The number of benzene rings is 3.